The van der Waals surface area contributed by atoms with E-state index < -0.39 is 23.7 Å². The van der Waals surface area contributed by atoms with Gasteiger partial charge in [0.2, 0.25) is 0 Å². The van der Waals surface area contributed by atoms with E-state index >= 15 is 0 Å². The number of rotatable bonds is 6. The molecule has 0 N–H and O–H groups in total. The Morgan fingerprint density at radius 1 is 1.15 bits per heavy atom. The number of carbonyl (C=O) groups is 2. The van der Waals surface area contributed by atoms with Crippen LogP contribution < -0.4 is 9.47 Å². The second-order valence-corrected chi connectivity index (χ2v) is 8.91. The summed E-state index contributed by atoms with van der Waals surface area (Å²) < 4.78 is 22.5. The first-order chi connectivity index (χ1) is 16.2. The highest BCUT2D eigenvalue weighted by Crippen LogP contribution is 2.39. The van der Waals surface area contributed by atoms with Crippen LogP contribution >= 0.6 is 0 Å². The van der Waals surface area contributed by atoms with E-state index in [-0.39, 0.29) is 26.2 Å². The maximum Gasteiger partial charge on any atom is 0.411 e. The van der Waals surface area contributed by atoms with Crippen molar-refractivity contribution in [3.05, 3.63) is 58.7 Å². The molecule has 0 spiro atoms. The second kappa shape index (κ2) is 10.5. The zero-order valence-electron chi connectivity index (χ0n) is 20.2. The molecule has 0 unspecified atom stereocenters. The van der Waals surface area contributed by atoms with Crippen molar-refractivity contribution < 1.29 is 28.5 Å². The summed E-state index contributed by atoms with van der Waals surface area (Å²) in [5, 5.41) is 9.00. The van der Waals surface area contributed by atoms with Gasteiger partial charge >= 0.3 is 12.1 Å². The molecule has 2 aromatic rings. The van der Waals surface area contributed by atoms with Crippen molar-refractivity contribution in [1.82, 2.24) is 4.90 Å². The fourth-order valence-electron chi connectivity index (χ4n) is 3.73. The maximum atomic E-state index is 12.9. The molecule has 1 atom stereocenters. The minimum Gasteiger partial charge on any atom is -0.493 e. The number of fused-ring (bicyclic) bond motifs is 1. The summed E-state index contributed by atoms with van der Waals surface area (Å²) in [6, 6.07) is 12.0. The molecule has 0 saturated heterocycles. The number of hydrogen-bond acceptors (Lipinski definition) is 7. The SMILES string of the molecule is CCOC(=O)[C@@H]1Cc2c(ccc(OC)c2OCc2ccc(C#N)cc2)CN1C(=O)OC(C)(C)C. The largest absolute Gasteiger partial charge is 0.493 e. The molecule has 0 aliphatic carbocycles. The Bertz CT molecular complexity index is 1080. The van der Waals surface area contributed by atoms with E-state index in [1.54, 1.807) is 53.0 Å². The quantitative estimate of drug-likeness (QED) is 0.583. The normalized spacial score (nSPS) is 15.1. The molecule has 34 heavy (non-hydrogen) atoms. The predicted molar refractivity (Wildman–Crippen MR) is 124 cm³/mol. The summed E-state index contributed by atoms with van der Waals surface area (Å²) in [6.45, 7) is 7.68. The highest BCUT2D eigenvalue weighted by molar-refractivity contribution is 5.83. The van der Waals surface area contributed by atoms with E-state index in [0.29, 0.717) is 17.1 Å². The first-order valence-corrected chi connectivity index (χ1v) is 11.1. The van der Waals surface area contributed by atoms with E-state index in [9.17, 15) is 9.59 Å². The third-order valence-corrected chi connectivity index (χ3v) is 5.31. The van der Waals surface area contributed by atoms with Gasteiger partial charge in [-0.2, -0.15) is 5.26 Å². The average molecular weight is 467 g/mol. The molecule has 2 aromatic carbocycles. The van der Waals surface area contributed by atoms with Crippen LogP contribution in [0, 0.1) is 11.3 Å². The summed E-state index contributed by atoms with van der Waals surface area (Å²) in [7, 11) is 1.55. The van der Waals surface area contributed by atoms with Gasteiger partial charge in [-0.05, 0) is 57.0 Å². The monoisotopic (exact) mass is 466 g/mol. The third kappa shape index (κ3) is 5.79. The number of carbonyl (C=O) groups excluding carboxylic acids is 2. The molecule has 1 aliphatic heterocycles. The van der Waals surface area contributed by atoms with E-state index in [2.05, 4.69) is 6.07 Å². The molecule has 1 aliphatic rings. The highest BCUT2D eigenvalue weighted by Gasteiger charge is 2.39. The van der Waals surface area contributed by atoms with Crippen molar-refractivity contribution >= 4 is 12.1 Å². The number of nitriles is 1. The Morgan fingerprint density at radius 3 is 2.44 bits per heavy atom. The molecule has 0 saturated carbocycles. The van der Waals surface area contributed by atoms with Gasteiger partial charge in [0.1, 0.15) is 18.2 Å². The van der Waals surface area contributed by atoms with Gasteiger partial charge in [-0.15, -0.1) is 0 Å². The molecule has 0 aromatic heterocycles. The summed E-state index contributed by atoms with van der Waals surface area (Å²) in [4.78, 5) is 27.2. The fourth-order valence-corrected chi connectivity index (χ4v) is 3.73. The molecule has 8 nitrogen and oxygen atoms in total. The second-order valence-electron chi connectivity index (χ2n) is 8.91. The lowest BCUT2D eigenvalue weighted by atomic mass is 9.92. The Kier molecular flexibility index (Phi) is 7.67. The molecule has 1 amide bonds. The number of benzene rings is 2. The highest BCUT2D eigenvalue weighted by atomic mass is 16.6. The number of esters is 1. The van der Waals surface area contributed by atoms with E-state index in [4.69, 9.17) is 24.2 Å². The van der Waals surface area contributed by atoms with Crippen molar-refractivity contribution in [1.29, 1.82) is 5.26 Å². The Balaban J connectivity index is 1.94. The summed E-state index contributed by atoms with van der Waals surface area (Å²) >= 11 is 0. The standard InChI is InChI=1S/C26H30N2O6/c1-6-32-24(29)21-13-20-19(15-28(21)25(30)34-26(2,3)4)11-12-22(31-5)23(20)33-16-18-9-7-17(14-27)8-10-18/h7-12,21H,6,13,15-16H2,1-5H3/t21-/m0/s1. The molecular weight excluding hydrogens is 436 g/mol. The number of hydrogen-bond donors (Lipinski definition) is 0. The Labute approximate surface area is 200 Å². The topological polar surface area (TPSA) is 98.1 Å². The van der Waals surface area contributed by atoms with Crippen LogP contribution in [0.5, 0.6) is 11.5 Å². The van der Waals surface area contributed by atoms with Crippen molar-refractivity contribution in [2.45, 2.75) is 58.9 Å². The molecule has 3 rings (SSSR count). The molecular formula is C26H30N2O6. The predicted octanol–water partition coefficient (Wildman–Crippen LogP) is 4.37. The lowest BCUT2D eigenvalue weighted by Gasteiger charge is -2.37. The minimum atomic E-state index is -0.855. The minimum absolute atomic E-state index is 0.172. The van der Waals surface area contributed by atoms with Crippen molar-refractivity contribution in [2.24, 2.45) is 0 Å². The van der Waals surface area contributed by atoms with Crippen molar-refractivity contribution in [3.8, 4) is 17.6 Å². The van der Waals surface area contributed by atoms with Gasteiger partial charge < -0.3 is 18.9 Å². The van der Waals surface area contributed by atoms with Crippen LogP contribution in [0.25, 0.3) is 0 Å². The number of ether oxygens (including phenoxy) is 4. The van der Waals surface area contributed by atoms with E-state index in [1.807, 2.05) is 18.2 Å². The van der Waals surface area contributed by atoms with Gasteiger partial charge in [-0.1, -0.05) is 18.2 Å². The van der Waals surface area contributed by atoms with Crippen LogP contribution in [0.1, 0.15) is 49.9 Å². The number of amides is 1. The van der Waals surface area contributed by atoms with Crippen LogP contribution in [0.4, 0.5) is 4.79 Å². The van der Waals surface area contributed by atoms with Crippen LogP contribution in [-0.2, 0) is 33.8 Å². The van der Waals surface area contributed by atoms with Crippen LogP contribution in [-0.4, -0.2) is 42.3 Å². The van der Waals surface area contributed by atoms with Crippen LogP contribution in [0.3, 0.4) is 0 Å². The van der Waals surface area contributed by atoms with Gasteiger partial charge in [0, 0.05) is 12.0 Å². The smallest absolute Gasteiger partial charge is 0.411 e. The van der Waals surface area contributed by atoms with Crippen LogP contribution in [0.15, 0.2) is 36.4 Å². The van der Waals surface area contributed by atoms with Gasteiger partial charge in [-0.3, -0.25) is 4.90 Å². The van der Waals surface area contributed by atoms with E-state index in [0.717, 1.165) is 16.7 Å². The number of methoxy groups -OCH3 is 1. The van der Waals surface area contributed by atoms with Gasteiger partial charge in [-0.25, -0.2) is 9.59 Å². The maximum absolute atomic E-state index is 12.9. The third-order valence-electron chi connectivity index (χ3n) is 5.31. The molecule has 0 radical (unpaired) electrons. The molecule has 0 bridgehead atoms. The molecule has 180 valence electrons. The first kappa shape index (κ1) is 24.9. The number of nitrogens with zero attached hydrogens (tertiary/aromatic N) is 2. The van der Waals surface area contributed by atoms with Gasteiger partial charge in [0.05, 0.1) is 31.9 Å². The van der Waals surface area contributed by atoms with E-state index in [1.165, 1.54) is 4.90 Å². The fraction of sp³-hybridized carbons (Fsp3) is 0.423. The summed E-state index contributed by atoms with van der Waals surface area (Å²) in [6.07, 6.45) is -0.375. The molecule has 1 heterocycles. The van der Waals surface area contributed by atoms with Crippen LogP contribution in [0.2, 0.25) is 0 Å². The zero-order valence-corrected chi connectivity index (χ0v) is 20.2. The summed E-state index contributed by atoms with van der Waals surface area (Å²) in [5.41, 5.74) is 2.36. The summed E-state index contributed by atoms with van der Waals surface area (Å²) in [5.74, 6) is 0.545. The molecule has 8 heteroatoms. The lowest BCUT2D eigenvalue weighted by Crippen LogP contribution is -2.50. The van der Waals surface area contributed by atoms with Crippen molar-refractivity contribution in [2.75, 3.05) is 13.7 Å². The average Bonchev–Trinajstić information content (AvgIpc) is 2.80. The zero-order chi connectivity index (χ0) is 24.9. The van der Waals surface area contributed by atoms with Crippen molar-refractivity contribution in [3.63, 3.8) is 0 Å². The van der Waals surface area contributed by atoms with Gasteiger partial charge in [0.15, 0.2) is 11.5 Å². The Morgan fingerprint density at radius 2 is 1.85 bits per heavy atom. The van der Waals surface area contributed by atoms with Gasteiger partial charge in [0.25, 0.3) is 0 Å². The lowest BCUT2D eigenvalue weighted by molar-refractivity contribution is -0.150. The first-order valence-electron chi connectivity index (χ1n) is 11.1. The Hall–Kier alpha value is -3.73. The molecule has 0 fully saturated rings.